The van der Waals surface area contributed by atoms with Gasteiger partial charge in [-0.3, -0.25) is 9.79 Å². The highest BCUT2D eigenvalue weighted by molar-refractivity contribution is 14.0. The highest BCUT2D eigenvalue weighted by atomic mass is 127. The number of halogens is 1. The fourth-order valence-corrected chi connectivity index (χ4v) is 3.40. The molecule has 1 aliphatic rings. The molecule has 2 aromatic rings. The van der Waals surface area contributed by atoms with E-state index in [1.165, 1.54) is 0 Å². The maximum Gasteiger partial charge on any atom is 0.220 e. The SMILES string of the molecule is CN=C(NCc1cnn(-c2ccccc2)c1)N1CCC(CC(=O)NC)CC1.I. The van der Waals surface area contributed by atoms with E-state index in [1.54, 1.807) is 7.05 Å². The summed E-state index contributed by atoms with van der Waals surface area (Å²) in [4.78, 5) is 18.2. The molecule has 7 nitrogen and oxygen atoms in total. The molecule has 0 bridgehead atoms. The third kappa shape index (κ3) is 5.95. The zero-order valence-electron chi connectivity index (χ0n) is 16.5. The van der Waals surface area contributed by atoms with Crippen molar-refractivity contribution < 1.29 is 4.79 Å². The van der Waals surface area contributed by atoms with Gasteiger partial charge >= 0.3 is 0 Å². The molecule has 0 saturated carbocycles. The van der Waals surface area contributed by atoms with E-state index in [2.05, 4.69) is 25.6 Å². The third-order valence-electron chi connectivity index (χ3n) is 4.99. The largest absolute Gasteiger partial charge is 0.359 e. The summed E-state index contributed by atoms with van der Waals surface area (Å²) in [5.41, 5.74) is 2.15. The number of likely N-dealkylation sites (tertiary alicyclic amines) is 1. The first-order chi connectivity index (χ1) is 13.2. The number of carbonyl (C=O) groups is 1. The second-order valence-electron chi connectivity index (χ2n) is 6.84. The normalized spacial score (nSPS) is 15.1. The first kappa shape index (κ1) is 22.2. The zero-order chi connectivity index (χ0) is 19.1. The van der Waals surface area contributed by atoms with Gasteiger partial charge in [0.25, 0.3) is 0 Å². The Morgan fingerprint density at radius 2 is 1.96 bits per heavy atom. The molecule has 152 valence electrons. The molecule has 3 rings (SSSR count). The van der Waals surface area contributed by atoms with Crippen molar-refractivity contribution in [1.29, 1.82) is 0 Å². The van der Waals surface area contributed by atoms with Crippen molar-refractivity contribution in [2.24, 2.45) is 10.9 Å². The van der Waals surface area contributed by atoms with E-state index < -0.39 is 0 Å². The molecule has 0 radical (unpaired) electrons. The van der Waals surface area contributed by atoms with Gasteiger partial charge in [-0.1, -0.05) is 18.2 Å². The number of guanidine groups is 1. The number of nitrogens with zero attached hydrogens (tertiary/aromatic N) is 4. The standard InChI is InChI=1S/C20H28N6O.HI/c1-21-19(27)12-16-8-10-25(11-9-16)20(22-2)23-13-17-14-24-26(15-17)18-6-4-3-5-7-18;/h3-7,14-16H,8-13H2,1-2H3,(H,21,27)(H,22,23);1H. The lowest BCUT2D eigenvalue weighted by Crippen LogP contribution is -2.45. The fraction of sp³-hybridized carbons (Fsp3) is 0.450. The van der Waals surface area contributed by atoms with Crippen LogP contribution in [-0.2, 0) is 11.3 Å². The van der Waals surface area contributed by atoms with E-state index in [0.717, 1.165) is 43.1 Å². The zero-order valence-corrected chi connectivity index (χ0v) is 18.8. The van der Waals surface area contributed by atoms with Crippen LogP contribution in [-0.4, -0.2) is 53.7 Å². The van der Waals surface area contributed by atoms with Crippen LogP contribution in [0, 0.1) is 5.92 Å². The highest BCUT2D eigenvalue weighted by Gasteiger charge is 2.23. The Labute approximate surface area is 183 Å². The molecule has 2 N–H and O–H groups in total. The molecule has 0 unspecified atom stereocenters. The maximum absolute atomic E-state index is 11.5. The van der Waals surface area contributed by atoms with Crippen LogP contribution in [0.2, 0.25) is 0 Å². The molecule has 1 aromatic carbocycles. The minimum Gasteiger partial charge on any atom is -0.359 e. The van der Waals surface area contributed by atoms with Gasteiger partial charge in [-0.25, -0.2) is 4.68 Å². The van der Waals surface area contributed by atoms with Crippen LogP contribution in [0.25, 0.3) is 5.69 Å². The number of nitrogens with one attached hydrogen (secondary N) is 2. The van der Waals surface area contributed by atoms with Crippen molar-refractivity contribution in [3.8, 4) is 5.69 Å². The van der Waals surface area contributed by atoms with Crippen molar-refractivity contribution in [1.82, 2.24) is 25.3 Å². The minimum atomic E-state index is 0. The predicted octanol–water partition coefficient (Wildman–Crippen LogP) is 2.41. The van der Waals surface area contributed by atoms with E-state index in [9.17, 15) is 4.79 Å². The van der Waals surface area contributed by atoms with Crippen molar-refractivity contribution in [3.05, 3.63) is 48.3 Å². The van der Waals surface area contributed by atoms with E-state index >= 15 is 0 Å². The van der Waals surface area contributed by atoms with Gasteiger partial charge in [-0.2, -0.15) is 5.10 Å². The summed E-state index contributed by atoms with van der Waals surface area (Å²) in [5.74, 6) is 1.50. The van der Waals surface area contributed by atoms with Gasteiger partial charge < -0.3 is 15.5 Å². The Morgan fingerprint density at radius 3 is 2.61 bits per heavy atom. The van der Waals surface area contributed by atoms with Gasteiger partial charge in [-0.15, -0.1) is 24.0 Å². The molecule has 0 atom stereocenters. The Kier molecular flexibility index (Phi) is 8.75. The number of piperidine rings is 1. The summed E-state index contributed by atoms with van der Waals surface area (Å²) in [6.45, 7) is 2.52. The van der Waals surface area contributed by atoms with Gasteiger partial charge in [0.2, 0.25) is 5.91 Å². The smallest absolute Gasteiger partial charge is 0.220 e. The van der Waals surface area contributed by atoms with Crippen molar-refractivity contribution in [2.75, 3.05) is 27.2 Å². The lowest BCUT2D eigenvalue weighted by molar-refractivity contribution is -0.121. The number of hydrogen-bond acceptors (Lipinski definition) is 3. The summed E-state index contributed by atoms with van der Waals surface area (Å²) < 4.78 is 1.88. The van der Waals surface area contributed by atoms with Gasteiger partial charge in [0, 0.05) is 51.9 Å². The number of rotatable bonds is 5. The van der Waals surface area contributed by atoms with Crippen molar-refractivity contribution in [3.63, 3.8) is 0 Å². The average Bonchev–Trinajstić information content (AvgIpc) is 3.19. The number of para-hydroxylation sites is 1. The number of benzene rings is 1. The molecule has 8 heteroatoms. The molecule has 1 aliphatic heterocycles. The van der Waals surface area contributed by atoms with Gasteiger partial charge in [0.1, 0.15) is 0 Å². The first-order valence-electron chi connectivity index (χ1n) is 9.44. The monoisotopic (exact) mass is 496 g/mol. The van der Waals surface area contributed by atoms with Crippen LogP contribution >= 0.6 is 24.0 Å². The Bertz CT molecular complexity index is 768. The minimum absolute atomic E-state index is 0. The van der Waals surface area contributed by atoms with Crippen LogP contribution < -0.4 is 10.6 Å². The van der Waals surface area contributed by atoms with E-state index in [0.29, 0.717) is 18.9 Å². The highest BCUT2D eigenvalue weighted by Crippen LogP contribution is 2.20. The molecule has 28 heavy (non-hydrogen) atoms. The summed E-state index contributed by atoms with van der Waals surface area (Å²) in [6, 6.07) is 10.1. The number of amides is 1. The van der Waals surface area contributed by atoms with Gasteiger partial charge in [-0.05, 0) is 30.9 Å². The molecule has 1 amide bonds. The van der Waals surface area contributed by atoms with Crippen LogP contribution in [0.1, 0.15) is 24.8 Å². The lowest BCUT2D eigenvalue weighted by atomic mass is 9.93. The molecule has 1 fully saturated rings. The van der Waals surface area contributed by atoms with E-state index in [-0.39, 0.29) is 29.9 Å². The van der Waals surface area contributed by atoms with E-state index in [4.69, 9.17) is 0 Å². The average molecular weight is 496 g/mol. The number of aliphatic imine (C=N–C) groups is 1. The Balaban J connectivity index is 0.00000280. The lowest BCUT2D eigenvalue weighted by Gasteiger charge is -2.34. The topological polar surface area (TPSA) is 74.5 Å². The number of aromatic nitrogens is 2. The molecule has 2 heterocycles. The predicted molar refractivity (Wildman–Crippen MR) is 122 cm³/mol. The van der Waals surface area contributed by atoms with Crippen LogP contribution in [0.4, 0.5) is 0 Å². The molecule has 1 aromatic heterocycles. The fourth-order valence-electron chi connectivity index (χ4n) is 3.40. The Hall–Kier alpha value is -2.10. The van der Waals surface area contributed by atoms with Crippen LogP contribution in [0.3, 0.4) is 0 Å². The molecular weight excluding hydrogens is 467 g/mol. The molecular formula is C20H29IN6O. The van der Waals surface area contributed by atoms with Gasteiger partial charge in [0.05, 0.1) is 11.9 Å². The van der Waals surface area contributed by atoms with E-state index in [1.807, 2.05) is 54.5 Å². The number of hydrogen-bond donors (Lipinski definition) is 2. The summed E-state index contributed by atoms with van der Waals surface area (Å²) in [6.07, 6.45) is 6.56. The third-order valence-corrected chi connectivity index (χ3v) is 4.99. The van der Waals surface area contributed by atoms with Gasteiger partial charge in [0.15, 0.2) is 5.96 Å². The quantitative estimate of drug-likeness (QED) is 0.379. The van der Waals surface area contributed by atoms with Crippen molar-refractivity contribution in [2.45, 2.75) is 25.8 Å². The van der Waals surface area contributed by atoms with Crippen LogP contribution in [0.15, 0.2) is 47.7 Å². The van der Waals surface area contributed by atoms with Crippen LogP contribution in [0.5, 0.6) is 0 Å². The maximum atomic E-state index is 11.5. The first-order valence-corrected chi connectivity index (χ1v) is 9.44. The summed E-state index contributed by atoms with van der Waals surface area (Å²) >= 11 is 0. The second-order valence-corrected chi connectivity index (χ2v) is 6.84. The molecule has 0 spiro atoms. The Morgan fingerprint density at radius 1 is 1.25 bits per heavy atom. The number of carbonyl (C=O) groups excluding carboxylic acids is 1. The molecule has 0 aliphatic carbocycles. The summed E-state index contributed by atoms with van der Waals surface area (Å²) in [7, 11) is 3.51. The second kappa shape index (κ2) is 11.0. The molecule has 1 saturated heterocycles. The van der Waals surface area contributed by atoms with Crippen molar-refractivity contribution >= 4 is 35.8 Å². The summed E-state index contributed by atoms with van der Waals surface area (Å²) in [5, 5.41) is 10.6.